The van der Waals surface area contributed by atoms with Gasteiger partial charge in [0.2, 0.25) is 0 Å². The van der Waals surface area contributed by atoms with Gasteiger partial charge in [-0.25, -0.2) is 9.07 Å². The summed E-state index contributed by atoms with van der Waals surface area (Å²) < 4.78 is 14.7. The van der Waals surface area contributed by atoms with E-state index in [0.29, 0.717) is 17.8 Å². The van der Waals surface area contributed by atoms with E-state index in [0.717, 1.165) is 0 Å². The maximum Gasteiger partial charge on any atom is 0.142 e. The number of aromatic nitrogens is 3. The Labute approximate surface area is 103 Å². The van der Waals surface area contributed by atoms with E-state index in [2.05, 4.69) is 10.3 Å². The molecule has 0 spiro atoms. The monoisotopic (exact) mass is 255 g/mol. The number of halogens is 2. The van der Waals surface area contributed by atoms with E-state index < -0.39 is 11.9 Å². The maximum absolute atomic E-state index is 13.2. The fourth-order valence-electron chi connectivity index (χ4n) is 1.43. The number of hydrogen-bond donors (Lipinski definition) is 1. The molecule has 0 radical (unpaired) electrons. The van der Waals surface area contributed by atoms with Crippen LogP contribution in [0.25, 0.3) is 0 Å². The van der Waals surface area contributed by atoms with Crippen LogP contribution in [0.4, 0.5) is 4.39 Å². The number of rotatable bonds is 3. The molecule has 4 nitrogen and oxygen atoms in total. The molecule has 1 heterocycles. The standard InChI is InChI=1S/C11H11ClFN3O/c1-7(17)10-6-16(15-14-10)5-8-3-2-4-9(13)11(8)12/h2-4,6-7,17H,5H2,1H3. The Morgan fingerprint density at radius 3 is 2.94 bits per heavy atom. The molecule has 0 fully saturated rings. The molecule has 0 saturated carbocycles. The van der Waals surface area contributed by atoms with Crippen LogP contribution in [0, 0.1) is 5.82 Å². The van der Waals surface area contributed by atoms with Crippen molar-refractivity contribution < 1.29 is 9.50 Å². The van der Waals surface area contributed by atoms with Gasteiger partial charge in [0, 0.05) is 0 Å². The smallest absolute Gasteiger partial charge is 0.142 e. The second-order valence-corrected chi connectivity index (χ2v) is 4.11. The van der Waals surface area contributed by atoms with E-state index in [4.69, 9.17) is 11.6 Å². The lowest BCUT2D eigenvalue weighted by molar-refractivity contribution is 0.194. The minimum atomic E-state index is -0.674. The van der Waals surface area contributed by atoms with Crippen molar-refractivity contribution in [1.29, 1.82) is 0 Å². The summed E-state index contributed by atoms with van der Waals surface area (Å²) >= 11 is 5.83. The fourth-order valence-corrected chi connectivity index (χ4v) is 1.61. The normalized spacial score (nSPS) is 12.7. The highest BCUT2D eigenvalue weighted by molar-refractivity contribution is 6.31. The van der Waals surface area contributed by atoms with E-state index in [1.54, 1.807) is 25.3 Å². The van der Waals surface area contributed by atoms with E-state index in [1.165, 1.54) is 10.7 Å². The molecular formula is C11H11ClFN3O. The summed E-state index contributed by atoms with van der Waals surface area (Å²) in [5.74, 6) is -0.458. The Hall–Kier alpha value is -1.46. The van der Waals surface area contributed by atoms with Crippen LogP contribution in [-0.4, -0.2) is 20.1 Å². The third-order valence-corrected chi connectivity index (χ3v) is 2.77. The zero-order valence-electron chi connectivity index (χ0n) is 9.14. The Balaban J connectivity index is 2.22. The van der Waals surface area contributed by atoms with Crippen LogP contribution < -0.4 is 0 Å². The van der Waals surface area contributed by atoms with Crippen LogP contribution in [0.1, 0.15) is 24.3 Å². The van der Waals surface area contributed by atoms with Crippen LogP contribution >= 0.6 is 11.6 Å². The van der Waals surface area contributed by atoms with Gasteiger partial charge in [0.05, 0.1) is 23.9 Å². The minimum absolute atomic E-state index is 0.0848. The molecule has 0 aliphatic rings. The van der Waals surface area contributed by atoms with Crippen LogP contribution in [0.5, 0.6) is 0 Å². The van der Waals surface area contributed by atoms with Gasteiger partial charge in [-0.2, -0.15) is 0 Å². The highest BCUT2D eigenvalue weighted by Crippen LogP contribution is 2.20. The second-order valence-electron chi connectivity index (χ2n) is 3.73. The third-order valence-electron chi connectivity index (χ3n) is 2.35. The molecule has 0 amide bonds. The number of aliphatic hydroxyl groups is 1. The predicted octanol–water partition coefficient (Wildman–Crippen LogP) is 2.17. The van der Waals surface area contributed by atoms with E-state index in [1.807, 2.05) is 0 Å². The number of aliphatic hydroxyl groups excluding tert-OH is 1. The number of hydrogen-bond acceptors (Lipinski definition) is 3. The molecule has 90 valence electrons. The Morgan fingerprint density at radius 1 is 1.53 bits per heavy atom. The van der Waals surface area contributed by atoms with Crippen molar-refractivity contribution in [1.82, 2.24) is 15.0 Å². The highest BCUT2D eigenvalue weighted by atomic mass is 35.5. The minimum Gasteiger partial charge on any atom is -0.387 e. The third kappa shape index (κ3) is 2.62. The Bertz CT molecular complexity index is 527. The van der Waals surface area contributed by atoms with Gasteiger partial charge in [0.1, 0.15) is 11.5 Å². The zero-order chi connectivity index (χ0) is 12.4. The van der Waals surface area contributed by atoms with Crippen molar-refractivity contribution in [3.63, 3.8) is 0 Å². The first kappa shape index (κ1) is 12.0. The van der Waals surface area contributed by atoms with Crippen molar-refractivity contribution in [3.8, 4) is 0 Å². The van der Waals surface area contributed by atoms with Crippen molar-refractivity contribution in [2.24, 2.45) is 0 Å². The maximum atomic E-state index is 13.2. The van der Waals surface area contributed by atoms with Crippen molar-refractivity contribution in [2.45, 2.75) is 19.6 Å². The average Bonchev–Trinajstić information content (AvgIpc) is 2.73. The molecular weight excluding hydrogens is 245 g/mol. The van der Waals surface area contributed by atoms with Gasteiger partial charge in [0.15, 0.2) is 0 Å². The largest absolute Gasteiger partial charge is 0.387 e. The fraction of sp³-hybridized carbons (Fsp3) is 0.273. The number of benzene rings is 1. The predicted molar refractivity (Wildman–Crippen MR) is 61.2 cm³/mol. The summed E-state index contributed by atoms with van der Waals surface area (Å²) in [5.41, 5.74) is 1.09. The first-order valence-electron chi connectivity index (χ1n) is 5.09. The molecule has 1 aromatic carbocycles. The van der Waals surface area contributed by atoms with E-state index in [-0.39, 0.29) is 5.02 Å². The van der Waals surface area contributed by atoms with Crippen LogP contribution in [0.15, 0.2) is 24.4 Å². The summed E-state index contributed by atoms with van der Waals surface area (Å²) in [6.07, 6.45) is 0.929. The van der Waals surface area contributed by atoms with Gasteiger partial charge in [-0.3, -0.25) is 0 Å². The molecule has 0 aliphatic carbocycles. The first-order chi connectivity index (χ1) is 8.08. The summed E-state index contributed by atoms with van der Waals surface area (Å²) in [7, 11) is 0. The molecule has 2 rings (SSSR count). The van der Waals surface area contributed by atoms with Crippen LogP contribution in [0.3, 0.4) is 0 Å². The zero-order valence-corrected chi connectivity index (χ0v) is 9.89. The van der Waals surface area contributed by atoms with Gasteiger partial charge < -0.3 is 5.11 Å². The van der Waals surface area contributed by atoms with Crippen LogP contribution in [-0.2, 0) is 6.54 Å². The molecule has 17 heavy (non-hydrogen) atoms. The molecule has 1 N–H and O–H groups in total. The summed E-state index contributed by atoms with van der Waals surface area (Å²) in [4.78, 5) is 0. The molecule has 0 bridgehead atoms. The van der Waals surface area contributed by atoms with Crippen molar-refractivity contribution in [3.05, 3.63) is 46.5 Å². The lowest BCUT2D eigenvalue weighted by Gasteiger charge is -2.04. The first-order valence-corrected chi connectivity index (χ1v) is 5.46. The second kappa shape index (κ2) is 4.81. The average molecular weight is 256 g/mol. The highest BCUT2D eigenvalue weighted by Gasteiger charge is 2.09. The van der Waals surface area contributed by atoms with Gasteiger partial charge in [-0.15, -0.1) is 5.10 Å². The summed E-state index contributed by atoms with van der Waals surface area (Å²) in [6.45, 7) is 1.92. The molecule has 2 aromatic rings. The lowest BCUT2D eigenvalue weighted by atomic mass is 10.2. The molecule has 1 unspecified atom stereocenters. The Morgan fingerprint density at radius 2 is 2.29 bits per heavy atom. The SMILES string of the molecule is CC(O)c1cn(Cc2cccc(F)c2Cl)nn1. The molecule has 0 aliphatic heterocycles. The Kier molecular flexibility index (Phi) is 3.40. The van der Waals surface area contributed by atoms with Gasteiger partial charge in [-0.1, -0.05) is 28.9 Å². The van der Waals surface area contributed by atoms with E-state index in [9.17, 15) is 9.50 Å². The topological polar surface area (TPSA) is 50.9 Å². The lowest BCUT2D eigenvalue weighted by Crippen LogP contribution is -2.01. The summed E-state index contributed by atoms with van der Waals surface area (Å²) in [6, 6.07) is 4.60. The van der Waals surface area contributed by atoms with Gasteiger partial charge in [0.25, 0.3) is 0 Å². The van der Waals surface area contributed by atoms with E-state index >= 15 is 0 Å². The summed E-state index contributed by atoms with van der Waals surface area (Å²) in [5, 5.41) is 17.0. The van der Waals surface area contributed by atoms with Crippen molar-refractivity contribution in [2.75, 3.05) is 0 Å². The van der Waals surface area contributed by atoms with Gasteiger partial charge >= 0.3 is 0 Å². The molecule has 1 aromatic heterocycles. The number of nitrogens with zero attached hydrogens (tertiary/aromatic N) is 3. The molecule has 1 atom stereocenters. The van der Waals surface area contributed by atoms with Gasteiger partial charge in [-0.05, 0) is 18.6 Å². The quantitative estimate of drug-likeness (QED) is 0.915. The van der Waals surface area contributed by atoms with Crippen LogP contribution in [0.2, 0.25) is 5.02 Å². The van der Waals surface area contributed by atoms with Crippen molar-refractivity contribution >= 4 is 11.6 Å². The molecule has 6 heteroatoms. The molecule has 0 saturated heterocycles.